The molecule has 3 aromatic rings. The summed E-state index contributed by atoms with van der Waals surface area (Å²) in [5.74, 6) is -0.316. The maximum Gasteiger partial charge on any atom is 0.318 e. The number of rotatable bonds is 5. The molecule has 1 saturated carbocycles. The van der Waals surface area contributed by atoms with Gasteiger partial charge in [-0.15, -0.1) is 0 Å². The maximum atomic E-state index is 13.4. The predicted octanol–water partition coefficient (Wildman–Crippen LogP) is 5.33. The van der Waals surface area contributed by atoms with Crippen molar-refractivity contribution in [3.05, 3.63) is 80.9 Å². The first-order valence-electron chi connectivity index (χ1n) is 11.3. The minimum Gasteiger partial charge on any atom is -0.335 e. The molecule has 6 heteroatoms. The lowest BCUT2D eigenvalue weighted by Crippen LogP contribution is -2.45. The summed E-state index contributed by atoms with van der Waals surface area (Å²) in [6.45, 7) is 4.45. The molecule has 1 aromatic heterocycles. The predicted molar refractivity (Wildman–Crippen MR) is 125 cm³/mol. The summed E-state index contributed by atoms with van der Waals surface area (Å²) >= 11 is 0. The highest BCUT2D eigenvalue weighted by atomic mass is 19.1. The standard InChI is InChI=1S/C26H30FN3O2/c1-17-8-9-18(2)24-23(17)14-20(25(31)29-24)16-30(15-19-10-12-21(27)13-11-19)26(32)28-22-6-4-3-5-7-22/h8-14,22H,3-7,15-16H2,1-2H3,(H,28,32)(H,29,31). The molecule has 0 aliphatic heterocycles. The molecule has 1 heterocycles. The molecule has 0 unspecified atom stereocenters. The topological polar surface area (TPSA) is 65.2 Å². The molecular weight excluding hydrogens is 405 g/mol. The van der Waals surface area contributed by atoms with E-state index < -0.39 is 0 Å². The highest BCUT2D eigenvalue weighted by molar-refractivity contribution is 5.85. The van der Waals surface area contributed by atoms with Crippen LogP contribution in [0.3, 0.4) is 0 Å². The number of pyridine rings is 1. The van der Waals surface area contributed by atoms with E-state index in [-0.39, 0.29) is 30.0 Å². The van der Waals surface area contributed by atoms with Gasteiger partial charge in [0.15, 0.2) is 0 Å². The number of halogens is 1. The SMILES string of the molecule is Cc1ccc(C)c2[nH]c(=O)c(CN(Cc3ccc(F)cc3)C(=O)NC3CCCCC3)cc12. The summed E-state index contributed by atoms with van der Waals surface area (Å²) in [6.07, 6.45) is 5.39. The maximum absolute atomic E-state index is 13.4. The fourth-order valence-corrected chi connectivity index (χ4v) is 4.46. The number of carbonyl (C=O) groups excluding carboxylic acids is 1. The molecule has 0 radical (unpaired) electrons. The van der Waals surface area contributed by atoms with E-state index in [2.05, 4.69) is 10.3 Å². The average molecular weight is 436 g/mol. The molecule has 2 N–H and O–H groups in total. The second kappa shape index (κ2) is 9.55. The molecule has 0 saturated heterocycles. The van der Waals surface area contributed by atoms with Crippen molar-refractivity contribution in [1.82, 2.24) is 15.2 Å². The Morgan fingerprint density at radius 3 is 2.44 bits per heavy atom. The minimum absolute atomic E-state index is 0.159. The van der Waals surface area contributed by atoms with E-state index in [0.717, 1.165) is 53.3 Å². The number of nitrogens with one attached hydrogen (secondary N) is 2. The van der Waals surface area contributed by atoms with Crippen LogP contribution in [0.1, 0.15) is 54.4 Å². The number of benzene rings is 2. The molecule has 1 aliphatic rings. The number of H-pyrrole nitrogens is 1. The number of hydrogen-bond acceptors (Lipinski definition) is 2. The first kappa shape index (κ1) is 22.1. The van der Waals surface area contributed by atoms with E-state index >= 15 is 0 Å². The summed E-state index contributed by atoms with van der Waals surface area (Å²) in [7, 11) is 0. The quantitative estimate of drug-likeness (QED) is 0.569. The van der Waals surface area contributed by atoms with Gasteiger partial charge in [-0.2, -0.15) is 0 Å². The Kier molecular flexibility index (Phi) is 6.58. The van der Waals surface area contributed by atoms with Gasteiger partial charge in [0, 0.05) is 23.5 Å². The van der Waals surface area contributed by atoms with E-state index in [1.807, 2.05) is 32.0 Å². The van der Waals surface area contributed by atoms with Gasteiger partial charge in [0.25, 0.3) is 5.56 Å². The molecule has 168 valence electrons. The van der Waals surface area contributed by atoms with Gasteiger partial charge in [-0.05, 0) is 61.6 Å². The number of carbonyl (C=O) groups is 1. The number of urea groups is 1. The first-order chi connectivity index (χ1) is 15.4. The van der Waals surface area contributed by atoms with E-state index in [4.69, 9.17) is 0 Å². The van der Waals surface area contributed by atoms with Crippen molar-refractivity contribution in [3.8, 4) is 0 Å². The van der Waals surface area contributed by atoms with Crippen LogP contribution < -0.4 is 10.9 Å². The zero-order valence-electron chi connectivity index (χ0n) is 18.7. The van der Waals surface area contributed by atoms with Crippen molar-refractivity contribution in [3.63, 3.8) is 0 Å². The van der Waals surface area contributed by atoms with Crippen molar-refractivity contribution in [2.24, 2.45) is 0 Å². The van der Waals surface area contributed by atoms with Gasteiger partial charge in [0.1, 0.15) is 5.82 Å². The Labute approximate surface area is 187 Å². The molecule has 1 fully saturated rings. The molecule has 2 aromatic carbocycles. The number of aromatic amines is 1. The highest BCUT2D eigenvalue weighted by Gasteiger charge is 2.22. The van der Waals surface area contributed by atoms with E-state index in [9.17, 15) is 14.0 Å². The number of hydrogen-bond donors (Lipinski definition) is 2. The van der Waals surface area contributed by atoms with E-state index in [0.29, 0.717) is 12.1 Å². The molecule has 32 heavy (non-hydrogen) atoms. The van der Waals surface area contributed by atoms with Crippen LogP contribution >= 0.6 is 0 Å². The first-order valence-corrected chi connectivity index (χ1v) is 11.3. The van der Waals surface area contributed by atoms with Crippen LogP contribution in [0.15, 0.2) is 47.3 Å². The molecule has 5 nitrogen and oxygen atoms in total. The second-order valence-corrected chi connectivity index (χ2v) is 8.88. The van der Waals surface area contributed by atoms with E-state index in [1.54, 1.807) is 17.0 Å². The Hall–Kier alpha value is -3.15. The Morgan fingerprint density at radius 1 is 1.03 bits per heavy atom. The van der Waals surface area contributed by atoms with Crippen molar-refractivity contribution in [1.29, 1.82) is 0 Å². The minimum atomic E-state index is -0.316. The molecule has 0 atom stereocenters. The van der Waals surface area contributed by atoms with Crippen molar-refractivity contribution >= 4 is 16.9 Å². The normalized spacial score (nSPS) is 14.5. The van der Waals surface area contributed by atoms with Gasteiger partial charge in [0.05, 0.1) is 12.1 Å². The smallest absolute Gasteiger partial charge is 0.318 e. The van der Waals surface area contributed by atoms with Crippen LogP contribution in [0.2, 0.25) is 0 Å². The Bertz CT molecular complexity index is 1160. The third-order valence-corrected chi connectivity index (χ3v) is 6.39. The number of aryl methyl sites for hydroxylation is 2. The molecule has 4 rings (SSSR count). The summed E-state index contributed by atoms with van der Waals surface area (Å²) < 4.78 is 13.4. The largest absolute Gasteiger partial charge is 0.335 e. The van der Waals surface area contributed by atoms with Crippen molar-refractivity contribution in [2.75, 3.05) is 0 Å². The molecule has 0 bridgehead atoms. The van der Waals surface area contributed by atoms with E-state index in [1.165, 1.54) is 18.6 Å². The van der Waals surface area contributed by atoms with Crippen LogP contribution in [-0.2, 0) is 13.1 Å². The zero-order chi connectivity index (χ0) is 22.7. The summed E-state index contributed by atoms with van der Waals surface area (Å²) in [5.41, 5.74) is 4.06. The Morgan fingerprint density at radius 2 is 1.72 bits per heavy atom. The van der Waals surface area contributed by atoms with Crippen LogP contribution in [0.25, 0.3) is 10.9 Å². The van der Waals surface area contributed by atoms with Crippen LogP contribution in [0, 0.1) is 19.7 Å². The van der Waals surface area contributed by atoms with Gasteiger partial charge < -0.3 is 15.2 Å². The average Bonchev–Trinajstić information content (AvgIpc) is 2.79. The van der Waals surface area contributed by atoms with Gasteiger partial charge in [-0.1, -0.05) is 43.5 Å². The Balaban J connectivity index is 1.63. The summed E-state index contributed by atoms with van der Waals surface area (Å²) in [4.78, 5) is 30.7. The molecule has 0 spiro atoms. The fourth-order valence-electron chi connectivity index (χ4n) is 4.46. The number of fused-ring (bicyclic) bond motifs is 1. The van der Waals surface area contributed by atoms with Gasteiger partial charge in [-0.25, -0.2) is 9.18 Å². The zero-order valence-corrected chi connectivity index (χ0v) is 18.7. The van der Waals surface area contributed by atoms with Crippen molar-refractivity contribution < 1.29 is 9.18 Å². The third kappa shape index (κ3) is 5.01. The van der Waals surface area contributed by atoms with Gasteiger partial charge in [0.2, 0.25) is 0 Å². The number of nitrogens with zero attached hydrogens (tertiary/aromatic N) is 1. The lowest BCUT2D eigenvalue weighted by Gasteiger charge is -2.28. The number of amides is 2. The summed E-state index contributed by atoms with van der Waals surface area (Å²) in [5, 5.41) is 4.13. The van der Waals surface area contributed by atoms with Crippen LogP contribution in [0.4, 0.5) is 9.18 Å². The second-order valence-electron chi connectivity index (χ2n) is 8.88. The highest BCUT2D eigenvalue weighted by Crippen LogP contribution is 2.21. The number of aromatic nitrogens is 1. The van der Waals surface area contributed by atoms with Crippen LogP contribution in [-0.4, -0.2) is 22.0 Å². The van der Waals surface area contributed by atoms with Gasteiger partial charge in [-0.3, -0.25) is 4.79 Å². The lowest BCUT2D eigenvalue weighted by molar-refractivity contribution is 0.184. The summed E-state index contributed by atoms with van der Waals surface area (Å²) in [6, 6.07) is 12.0. The molecule has 1 aliphatic carbocycles. The lowest BCUT2D eigenvalue weighted by atomic mass is 9.96. The van der Waals surface area contributed by atoms with Gasteiger partial charge >= 0.3 is 6.03 Å². The molecule has 2 amide bonds. The fraction of sp³-hybridized carbons (Fsp3) is 0.385. The monoisotopic (exact) mass is 435 g/mol. The van der Waals surface area contributed by atoms with Crippen LogP contribution in [0.5, 0.6) is 0 Å². The molecular formula is C26H30FN3O2. The third-order valence-electron chi connectivity index (χ3n) is 6.39. The van der Waals surface area contributed by atoms with Crippen molar-refractivity contribution in [2.45, 2.75) is 65.1 Å².